The minimum atomic E-state index is -3.48. The Bertz CT molecular complexity index is 365. The fourth-order valence-corrected chi connectivity index (χ4v) is 1.60. The van der Waals surface area contributed by atoms with Gasteiger partial charge in [-0.05, 0) is 27.6 Å². The highest BCUT2D eigenvalue weighted by Crippen LogP contribution is 2.33. The predicted molar refractivity (Wildman–Crippen MR) is 60.3 cm³/mol. The largest absolute Gasteiger partial charge is 0.390 e. The van der Waals surface area contributed by atoms with Crippen molar-refractivity contribution in [3.8, 4) is 0 Å². The van der Waals surface area contributed by atoms with Crippen molar-refractivity contribution in [3.05, 3.63) is 34.1 Å². The van der Waals surface area contributed by atoms with Gasteiger partial charge in [0.2, 0.25) is 0 Å². The maximum Gasteiger partial charge on any atom is 0.289 e. The van der Waals surface area contributed by atoms with Gasteiger partial charge in [-0.3, -0.25) is 0 Å². The zero-order valence-electron chi connectivity index (χ0n) is 7.96. The Morgan fingerprint density at radius 2 is 2.00 bits per heavy atom. The Kier molecular flexibility index (Phi) is 5.75. The molecular weight excluding hydrogens is 310 g/mol. The summed E-state index contributed by atoms with van der Waals surface area (Å²) in [6.45, 7) is -1.38. The smallest absolute Gasteiger partial charge is 0.289 e. The van der Waals surface area contributed by atoms with E-state index in [1.54, 1.807) is 0 Å². The van der Waals surface area contributed by atoms with Crippen LogP contribution in [0.3, 0.4) is 0 Å². The topological polar surface area (TPSA) is 46.2 Å². The zero-order chi connectivity index (χ0) is 11.6. The monoisotopic (exact) mass is 319 g/mol. The second-order valence-corrected chi connectivity index (χ2v) is 3.83. The van der Waals surface area contributed by atoms with Crippen molar-refractivity contribution in [2.24, 2.45) is 5.73 Å². The first-order chi connectivity index (χ1) is 6.90. The van der Waals surface area contributed by atoms with Crippen LogP contribution in [0, 0.1) is 5.82 Å². The summed E-state index contributed by atoms with van der Waals surface area (Å²) in [5.74, 6) is -4.15. The first-order valence-electron chi connectivity index (χ1n) is 4.08. The van der Waals surface area contributed by atoms with E-state index in [0.717, 1.165) is 6.07 Å². The van der Waals surface area contributed by atoms with Gasteiger partial charge in [-0.15, -0.1) is 12.4 Å². The third-order valence-corrected chi connectivity index (χ3v) is 2.82. The van der Waals surface area contributed by atoms with E-state index in [2.05, 4.69) is 15.9 Å². The van der Waals surface area contributed by atoms with Gasteiger partial charge in [-0.1, -0.05) is 12.1 Å². The summed E-state index contributed by atoms with van der Waals surface area (Å²) in [6.07, 6.45) is 0. The lowest BCUT2D eigenvalue weighted by Crippen LogP contribution is -2.36. The van der Waals surface area contributed by atoms with Crippen LogP contribution in [0.1, 0.15) is 11.6 Å². The number of nitrogens with two attached hydrogens (primary N) is 1. The highest BCUT2D eigenvalue weighted by molar-refractivity contribution is 9.10. The molecule has 0 saturated carbocycles. The Morgan fingerprint density at radius 3 is 2.50 bits per heavy atom. The molecule has 0 saturated heterocycles. The zero-order valence-corrected chi connectivity index (χ0v) is 10.4. The van der Waals surface area contributed by atoms with E-state index in [4.69, 9.17) is 10.8 Å². The van der Waals surface area contributed by atoms with Crippen molar-refractivity contribution in [1.82, 2.24) is 0 Å². The summed E-state index contributed by atoms with van der Waals surface area (Å²) in [4.78, 5) is 0. The number of rotatable bonds is 3. The summed E-state index contributed by atoms with van der Waals surface area (Å²) >= 11 is 2.83. The minimum Gasteiger partial charge on any atom is -0.390 e. The van der Waals surface area contributed by atoms with Crippen LogP contribution >= 0.6 is 28.3 Å². The van der Waals surface area contributed by atoms with Gasteiger partial charge >= 0.3 is 0 Å². The molecule has 0 heterocycles. The number of halogens is 5. The van der Waals surface area contributed by atoms with Crippen molar-refractivity contribution in [1.29, 1.82) is 0 Å². The summed E-state index contributed by atoms with van der Waals surface area (Å²) in [6, 6.07) is 1.94. The Labute approximate surface area is 105 Å². The van der Waals surface area contributed by atoms with Crippen LogP contribution in [0.25, 0.3) is 0 Å². The molecule has 0 fully saturated rings. The van der Waals surface area contributed by atoms with E-state index in [0.29, 0.717) is 0 Å². The van der Waals surface area contributed by atoms with Gasteiger partial charge in [-0.25, -0.2) is 13.2 Å². The van der Waals surface area contributed by atoms with Crippen LogP contribution in [0.15, 0.2) is 22.7 Å². The van der Waals surface area contributed by atoms with Gasteiger partial charge in [-0.2, -0.15) is 0 Å². The molecule has 0 aliphatic carbocycles. The van der Waals surface area contributed by atoms with E-state index in [1.165, 1.54) is 12.1 Å². The predicted octanol–water partition coefficient (Wildman–Crippen LogP) is 2.64. The van der Waals surface area contributed by atoms with Gasteiger partial charge in [0.1, 0.15) is 12.4 Å². The van der Waals surface area contributed by atoms with Crippen molar-refractivity contribution >= 4 is 28.3 Å². The number of aliphatic hydroxyl groups excluding tert-OH is 1. The fraction of sp³-hybridized carbons (Fsp3) is 0.333. The lowest BCUT2D eigenvalue weighted by Gasteiger charge is -2.22. The van der Waals surface area contributed by atoms with Crippen molar-refractivity contribution in [2.45, 2.75) is 12.0 Å². The molecule has 1 atom stereocenters. The molecule has 0 unspecified atom stereocenters. The van der Waals surface area contributed by atoms with E-state index < -0.39 is 24.4 Å². The maximum absolute atomic E-state index is 13.0. The molecule has 1 aromatic carbocycles. The molecule has 0 amide bonds. The number of alkyl halides is 2. The first kappa shape index (κ1) is 15.7. The molecule has 0 radical (unpaired) electrons. The molecular formula is C9H10BrClF3NO. The van der Waals surface area contributed by atoms with Crippen molar-refractivity contribution < 1.29 is 18.3 Å². The molecule has 2 nitrogen and oxygen atoms in total. The Balaban J connectivity index is 0.00000225. The Morgan fingerprint density at radius 1 is 1.44 bits per heavy atom. The number of hydrogen-bond donors (Lipinski definition) is 2. The van der Waals surface area contributed by atoms with Crippen LogP contribution in [-0.2, 0) is 0 Å². The highest BCUT2D eigenvalue weighted by atomic mass is 79.9. The standard InChI is InChI=1S/C9H9BrF3NO.ClH/c10-7-5(2-1-3-6(7)11)8(14)9(12,13)4-15;/h1-3,8,15H,4,14H2;1H/t8-;/m0./s1. The van der Waals surface area contributed by atoms with Gasteiger partial charge in [0.25, 0.3) is 5.92 Å². The van der Waals surface area contributed by atoms with Gasteiger partial charge in [0, 0.05) is 0 Å². The van der Waals surface area contributed by atoms with Crippen molar-refractivity contribution in [3.63, 3.8) is 0 Å². The number of aliphatic hydroxyl groups is 1. The van der Waals surface area contributed by atoms with Crippen LogP contribution in [0.2, 0.25) is 0 Å². The molecule has 92 valence electrons. The third kappa shape index (κ3) is 3.10. The molecule has 16 heavy (non-hydrogen) atoms. The number of benzene rings is 1. The second kappa shape index (κ2) is 5.86. The first-order valence-corrected chi connectivity index (χ1v) is 4.87. The summed E-state index contributed by atoms with van der Waals surface area (Å²) in [7, 11) is 0. The maximum atomic E-state index is 13.0. The van der Waals surface area contributed by atoms with Crippen molar-refractivity contribution in [2.75, 3.05) is 6.61 Å². The number of hydrogen-bond acceptors (Lipinski definition) is 2. The van der Waals surface area contributed by atoms with Crippen LogP contribution < -0.4 is 5.73 Å². The molecule has 3 N–H and O–H groups in total. The lowest BCUT2D eigenvalue weighted by atomic mass is 10.0. The van der Waals surface area contributed by atoms with Gasteiger partial charge in [0.05, 0.1) is 10.5 Å². The van der Waals surface area contributed by atoms with E-state index >= 15 is 0 Å². The molecule has 0 bridgehead atoms. The molecule has 1 rings (SSSR count). The lowest BCUT2D eigenvalue weighted by molar-refractivity contribution is -0.0713. The molecule has 0 spiro atoms. The second-order valence-electron chi connectivity index (χ2n) is 3.04. The normalized spacial score (nSPS) is 13.1. The van der Waals surface area contributed by atoms with Crippen LogP contribution in [0.5, 0.6) is 0 Å². The summed E-state index contributed by atoms with van der Waals surface area (Å²) in [5, 5.41) is 8.45. The molecule has 7 heteroatoms. The summed E-state index contributed by atoms with van der Waals surface area (Å²) < 4.78 is 39.0. The van der Waals surface area contributed by atoms with Gasteiger partial charge in [0.15, 0.2) is 0 Å². The summed E-state index contributed by atoms with van der Waals surface area (Å²) in [5.41, 5.74) is 5.17. The van der Waals surface area contributed by atoms with E-state index in [-0.39, 0.29) is 22.4 Å². The minimum absolute atomic E-state index is 0. The Hall–Kier alpha value is -0.300. The quantitative estimate of drug-likeness (QED) is 0.899. The fourth-order valence-electron chi connectivity index (χ4n) is 1.09. The van der Waals surface area contributed by atoms with E-state index in [1.807, 2.05) is 0 Å². The average molecular weight is 321 g/mol. The highest BCUT2D eigenvalue weighted by Gasteiger charge is 2.38. The van der Waals surface area contributed by atoms with Crippen LogP contribution in [-0.4, -0.2) is 17.6 Å². The molecule has 1 aromatic rings. The molecule has 0 aliphatic heterocycles. The SMILES string of the molecule is Cl.N[C@@H](c1cccc(F)c1Br)C(F)(F)CO. The van der Waals surface area contributed by atoms with Crippen LogP contribution in [0.4, 0.5) is 13.2 Å². The average Bonchev–Trinajstić information content (AvgIpc) is 2.21. The van der Waals surface area contributed by atoms with E-state index in [9.17, 15) is 13.2 Å². The third-order valence-electron chi connectivity index (χ3n) is 1.98. The molecule has 0 aromatic heterocycles. The molecule has 0 aliphatic rings. The van der Waals surface area contributed by atoms with Gasteiger partial charge < -0.3 is 10.8 Å².